The number of para-hydroxylation sites is 1. The molecule has 106 valence electrons. The molecule has 2 N–H and O–H groups in total. The number of nitrogens with zero attached hydrogens (tertiary/aromatic N) is 2. The van der Waals surface area contributed by atoms with Crippen LogP contribution in [0.1, 0.15) is 19.8 Å². The van der Waals surface area contributed by atoms with Gasteiger partial charge in [0, 0.05) is 20.1 Å². The number of nitrogens with one attached hydrogen (secondary N) is 1. The van der Waals surface area contributed by atoms with Gasteiger partial charge in [0.15, 0.2) is 0 Å². The molecular formula is C13H21N3O3. The van der Waals surface area contributed by atoms with Crippen LogP contribution in [0.2, 0.25) is 0 Å². The molecule has 6 nitrogen and oxygen atoms in total. The van der Waals surface area contributed by atoms with Crippen LogP contribution in [-0.2, 0) is 0 Å². The minimum atomic E-state index is -0.377. The highest BCUT2D eigenvalue weighted by molar-refractivity contribution is 5.76. The standard InChI is InChI=1S/C13H21N3O3/c1-3-4-8-15(9-10-17)12-7-5-6-11(14-2)13(12)16(18)19/h5-7,14,17H,3-4,8-10H2,1-2H3. The maximum absolute atomic E-state index is 11.3. The van der Waals surface area contributed by atoms with Crippen molar-refractivity contribution in [3.8, 4) is 0 Å². The second-order valence-electron chi connectivity index (χ2n) is 4.24. The quantitative estimate of drug-likeness (QED) is 0.558. The number of unbranched alkanes of at least 4 members (excludes halogenated alkanes) is 1. The van der Waals surface area contributed by atoms with Gasteiger partial charge in [-0.3, -0.25) is 10.1 Å². The second-order valence-corrected chi connectivity index (χ2v) is 4.24. The van der Waals surface area contributed by atoms with Crippen LogP contribution in [0.5, 0.6) is 0 Å². The molecule has 19 heavy (non-hydrogen) atoms. The first kappa shape index (κ1) is 15.2. The van der Waals surface area contributed by atoms with Crippen LogP contribution >= 0.6 is 0 Å². The van der Waals surface area contributed by atoms with Gasteiger partial charge in [-0.2, -0.15) is 0 Å². The third-order valence-corrected chi connectivity index (χ3v) is 2.96. The molecule has 0 heterocycles. The van der Waals surface area contributed by atoms with Crippen LogP contribution in [0.3, 0.4) is 0 Å². The fourth-order valence-corrected chi connectivity index (χ4v) is 2.00. The summed E-state index contributed by atoms with van der Waals surface area (Å²) in [6, 6.07) is 5.19. The Bertz CT molecular complexity index is 424. The molecule has 0 aliphatic heterocycles. The average Bonchev–Trinajstić information content (AvgIpc) is 2.42. The van der Waals surface area contributed by atoms with E-state index in [0.717, 1.165) is 12.8 Å². The lowest BCUT2D eigenvalue weighted by molar-refractivity contribution is -0.383. The van der Waals surface area contributed by atoms with E-state index in [1.54, 1.807) is 25.2 Å². The van der Waals surface area contributed by atoms with E-state index < -0.39 is 0 Å². The van der Waals surface area contributed by atoms with Gasteiger partial charge in [-0.1, -0.05) is 19.4 Å². The topological polar surface area (TPSA) is 78.6 Å². The predicted octanol–water partition coefficient (Wildman–Crippen LogP) is 2.24. The highest BCUT2D eigenvalue weighted by Gasteiger charge is 2.22. The fourth-order valence-electron chi connectivity index (χ4n) is 2.00. The summed E-state index contributed by atoms with van der Waals surface area (Å²) in [6.45, 7) is 3.14. The van der Waals surface area contributed by atoms with Crippen molar-refractivity contribution in [1.82, 2.24) is 0 Å². The molecule has 1 aromatic rings. The number of aliphatic hydroxyl groups is 1. The SMILES string of the molecule is CCCCN(CCO)c1cccc(NC)c1[N+](=O)[O-]. The van der Waals surface area contributed by atoms with Crippen LogP contribution < -0.4 is 10.2 Å². The summed E-state index contributed by atoms with van der Waals surface area (Å²) in [5.74, 6) is 0. The summed E-state index contributed by atoms with van der Waals surface area (Å²) in [5, 5.41) is 23.2. The number of hydrogen-bond donors (Lipinski definition) is 2. The first-order valence-electron chi connectivity index (χ1n) is 6.46. The van der Waals surface area contributed by atoms with Gasteiger partial charge >= 0.3 is 5.69 Å². The monoisotopic (exact) mass is 267 g/mol. The molecule has 0 saturated carbocycles. The Morgan fingerprint density at radius 2 is 2.16 bits per heavy atom. The zero-order valence-electron chi connectivity index (χ0n) is 11.4. The Labute approximate surface area is 113 Å². The van der Waals surface area contributed by atoms with Gasteiger partial charge in [0.2, 0.25) is 0 Å². The molecule has 0 aliphatic carbocycles. The largest absolute Gasteiger partial charge is 0.395 e. The van der Waals surface area contributed by atoms with Crippen molar-refractivity contribution in [3.05, 3.63) is 28.3 Å². The van der Waals surface area contributed by atoms with E-state index in [0.29, 0.717) is 24.5 Å². The van der Waals surface area contributed by atoms with Gasteiger partial charge in [-0.15, -0.1) is 0 Å². The van der Waals surface area contributed by atoms with Crippen molar-refractivity contribution >= 4 is 17.1 Å². The zero-order chi connectivity index (χ0) is 14.3. The molecule has 6 heteroatoms. The van der Waals surface area contributed by atoms with Crippen molar-refractivity contribution in [2.75, 3.05) is 37.0 Å². The molecule has 0 atom stereocenters. The third-order valence-electron chi connectivity index (χ3n) is 2.96. The van der Waals surface area contributed by atoms with Crippen molar-refractivity contribution in [1.29, 1.82) is 0 Å². The maximum atomic E-state index is 11.3. The number of aliphatic hydroxyl groups excluding tert-OH is 1. The van der Waals surface area contributed by atoms with Gasteiger partial charge < -0.3 is 15.3 Å². The second kappa shape index (κ2) is 7.58. The molecular weight excluding hydrogens is 246 g/mol. The predicted molar refractivity (Wildman–Crippen MR) is 76.8 cm³/mol. The third kappa shape index (κ3) is 3.82. The summed E-state index contributed by atoms with van der Waals surface area (Å²) in [6.07, 6.45) is 1.93. The molecule has 0 aromatic heterocycles. The van der Waals surface area contributed by atoms with Crippen LogP contribution in [0.4, 0.5) is 17.1 Å². The zero-order valence-corrected chi connectivity index (χ0v) is 11.4. The Balaban J connectivity index is 3.16. The van der Waals surface area contributed by atoms with Crippen LogP contribution in [0, 0.1) is 10.1 Å². The first-order chi connectivity index (χ1) is 9.15. The van der Waals surface area contributed by atoms with E-state index in [1.807, 2.05) is 4.90 Å². The molecule has 0 bridgehead atoms. The van der Waals surface area contributed by atoms with Crippen LogP contribution in [-0.4, -0.2) is 36.8 Å². The van der Waals surface area contributed by atoms with Crippen LogP contribution in [0.25, 0.3) is 0 Å². The van der Waals surface area contributed by atoms with Gasteiger partial charge in [-0.05, 0) is 18.6 Å². The van der Waals surface area contributed by atoms with Gasteiger partial charge in [0.05, 0.1) is 11.5 Å². The molecule has 0 radical (unpaired) electrons. The summed E-state index contributed by atoms with van der Waals surface area (Å²) in [5.41, 5.74) is 1.11. The molecule has 0 fully saturated rings. The lowest BCUT2D eigenvalue weighted by Gasteiger charge is -2.24. The minimum Gasteiger partial charge on any atom is -0.395 e. The first-order valence-corrected chi connectivity index (χ1v) is 6.46. The van der Waals surface area contributed by atoms with E-state index >= 15 is 0 Å². The fraction of sp³-hybridized carbons (Fsp3) is 0.538. The van der Waals surface area contributed by atoms with E-state index in [1.165, 1.54) is 0 Å². The van der Waals surface area contributed by atoms with Crippen molar-refractivity contribution in [2.45, 2.75) is 19.8 Å². The Morgan fingerprint density at radius 1 is 1.42 bits per heavy atom. The Hall–Kier alpha value is -1.82. The van der Waals surface area contributed by atoms with Crippen molar-refractivity contribution in [2.24, 2.45) is 0 Å². The lowest BCUT2D eigenvalue weighted by atomic mass is 10.2. The number of benzene rings is 1. The van der Waals surface area contributed by atoms with E-state index in [9.17, 15) is 10.1 Å². The number of rotatable bonds is 8. The molecule has 1 rings (SSSR count). The summed E-state index contributed by atoms with van der Waals surface area (Å²) < 4.78 is 0. The highest BCUT2D eigenvalue weighted by Crippen LogP contribution is 2.35. The van der Waals surface area contributed by atoms with E-state index in [2.05, 4.69) is 12.2 Å². The minimum absolute atomic E-state index is 0.0232. The molecule has 0 spiro atoms. The molecule has 0 amide bonds. The smallest absolute Gasteiger partial charge is 0.315 e. The molecule has 1 aromatic carbocycles. The van der Waals surface area contributed by atoms with Gasteiger partial charge in [0.25, 0.3) is 0 Å². The van der Waals surface area contributed by atoms with E-state index in [4.69, 9.17) is 5.11 Å². The highest BCUT2D eigenvalue weighted by atomic mass is 16.6. The average molecular weight is 267 g/mol. The van der Waals surface area contributed by atoms with Crippen molar-refractivity contribution in [3.63, 3.8) is 0 Å². The molecule has 0 unspecified atom stereocenters. The normalized spacial score (nSPS) is 10.3. The van der Waals surface area contributed by atoms with Gasteiger partial charge in [0.1, 0.15) is 11.4 Å². The molecule has 0 aliphatic rings. The van der Waals surface area contributed by atoms with Gasteiger partial charge in [-0.25, -0.2) is 0 Å². The summed E-state index contributed by atoms with van der Waals surface area (Å²) in [7, 11) is 1.66. The number of nitro benzene ring substituents is 1. The maximum Gasteiger partial charge on any atom is 0.315 e. The lowest BCUT2D eigenvalue weighted by Crippen LogP contribution is -2.28. The molecule has 0 saturated heterocycles. The number of anilines is 2. The van der Waals surface area contributed by atoms with Crippen molar-refractivity contribution < 1.29 is 10.0 Å². The van der Waals surface area contributed by atoms with E-state index in [-0.39, 0.29) is 17.2 Å². The number of hydrogen-bond acceptors (Lipinski definition) is 5. The Morgan fingerprint density at radius 3 is 2.68 bits per heavy atom. The van der Waals surface area contributed by atoms with Crippen LogP contribution in [0.15, 0.2) is 18.2 Å². The summed E-state index contributed by atoms with van der Waals surface area (Å²) >= 11 is 0. The summed E-state index contributed by atoms with van der Waals surface area (Å²) in [4.78, 5) is 12.7. The Kier molecular flexibility index (Phi) is 6.08. The number of nitro groups is 1.